The van der Waals surface area contributed by atoms with Crippen molar-refractivity contribution in [2.75, 3.05) is 11.1 Å². The number of rotatable bonds is 3. The number of anilines is 2. The molecule has 0 fully saturated rings. The minimum Gasteiger partial charge on any atom is -0.394 e. The van der Waals surface area contributed by atoms with Crippen LogP contribution >= 0.6 is 0 Å². The molecule has 0 bridgehead atoms. The number of halogens is 1. The lowest BCUT2D eigenvalue weighted by atomic mass is 10.1. The van der Waals surface area contributed by atoms with Gasteiger partial charge in [-0.15, -0.1) is 0 Å². The van der Waals surface area contributed by atoms with Crippen LogP contribution in [0.4, 0.5) is 15.9 Å². The number of aryl methyl sites for hydroxylation is 3. The second-order valence-electron chi connectivity index (χ2n) is 4.50. The molecular weight excluding hydrogens is 231 g/mol. The molecule has 1 aromatic carbocycles. The molecule has 96 valence electrons. The highest BCUT2D eigenvalue weighted by Gasteiger charge is 2.06. The van der Waals surface area contributed by atoms with Crippen molar-refractivity contribution in [3.8, 4) is 0 Å². The van der Waals surface area contributed by atoms with E-state index in [4.69, 9.17) is 5.73 Å². The Balaban J connectivity index is 2.13. The number of nitrogens with one attached hydrogen (secondary N) is 1. The maximum atomic E-state index is 13.5. The molecule has 0 saturated carbocycles. The van der Waals surface area contributed by atoms with Crippen LogP contribution in [0.1, 0.15) is 16.7 Å². The molecule has 0 aliphatic heterocycles. The quantitative estimate of drug-likeness (QED) is 0.876. The number of nitrogen functional groups attached to an aromatic ring is 1. The molecule has 2 aromatic rings. The molecule has 18 heavy (non-hydrogen) atoms. The summed E-state index contributed by atoms with van der Waals surface area (Å²) in [6.07, 6.45) is 1.74. The summed E-state index contributed by atoms with van der Waals surface area (Å²) in [7, 11) is 1.81. The molecule has 0 atom stereocenters. The molecule has 0 aliphatic carbocycles. The standard InChI is InChI=1S/C13H17FN4/c1-8-4-10(5-9(2)12(8)14)6-16-13-11(15)7-18(3)17-13/h4-5,7H,6,15H2,1-3H3,(H,16,17). The van der Waals surface area contributed by atoms with E-state index in [9.17, 15) is 4.39 Å². The van der Waals surface area contributed by atoms with Crippen molar-refractivity contribution in [1.82, 2.24) is 9.78 Å². The topological polar surface area (TPSA) is 55.9 Å². The predicted molar refractivity (Wildman–Crippen MR) is 70.8 cm³/mol. The van der Waals surface area contributed by atoms with Gasteiger partial charge in [-0.25, -0.2) is 4.39 Å². The van der Waals surface area contributed by atoms with Gasteiger partial charge in [-0.2, -0.15) is 5.10 Å². The zero-order valence-corrected chi connectivity index (χ0v) is 10.8. The maximum absolute atomic E-state index is 13.5. The van der Waals surface area contributed by atoms with E-state index < -0.39 is 0 Å². The number of nitrogens with two attached hydrogens (primary N) is 1. The van der Waals surface area contributed by atoms with Crippen LogP contribution in [0.5, 0.6) is 0 Å². The van der Waals surface area contributed by atoms with E-state index in [1.807, 2.05) is 19.2 Å². The third-order valence-corrected chi connectivity index (χ3v) is 2.81. The third kappa shape index (κ3) is 2.45. The van der Waals surface area contributed by atoms with Gasteiger partial charge < -0.3 is 11.1 Å². The van der Waals surface area contributed by atoms with E-state index in [-0.39, 0.29) is 5.82 Å². The van der Waals surface area contributed by atoms with Gasteiger partial charge in [-0.3, -0.25) is 4.68 Å². The molecular formula is C13H17FN4. The van der Waals surface area contributed by atoms with Crippen LogP contribution in [0.15, 0.2) is 18.3 Å². The Morgan fingerprint density at radius 2 is 1.94 bits per heavy atom. The van der Waals surface area contributed by atoms with Gasteiger partial charge in [0.25, 0.3) is 0 Å². The van der Waals surface area contributed by atoms with Crippen molar-refractivity contribution in [2.24, 2.45) is 7.05 Å². The Kier molecular flexibility index (Phi) is 3.23. The molecule has 0 amide bonds. The molecule has 0 radical (unpaired) electrons. The van der Waals surface area contributed by atoms with Crippen molar-refractivity contribution in [1.29, 1.82) is 0 Å². The SMILES string of the molecule is Cc1cc(CNc2nn(C)cc2N)cc(C)c1F. The van der Waals surface area contributed by atoms with Gasteiger partial charge in [0, 0.05) is 19.8 Å². The van der Waals surface area contributed by atoms with Crippen molar-refractivity contribution >= 4 is 11.5 Å². The van der Waals surface area contributed by atoms with Gasteiger partial charge >= 0.3 is 0 Å². The lowest BCUT2D eigenvalue weighted by Crippen LogP contribution is -2.04. The molecule has 5 heteroatoms. The Morgan fingerprint density at radius 3 is 2.44 bits per heavy atom. The minimum absolute atomic E-state index is 0.142. The van der Waals surface area contributed by atoms with Crippen LogP contribution in [-0.4, -0.2) is 9.78 Å². The number of hydrogen-bond acceptors (Lipinski definition) is 3. The van der Waals surface area contributed by atoms with E-state index >= 15 is 0 Å². The first kappa shape index (κ1) is 12.4. The lowest BCUT2D eigenvalue weighted by molar-refractivity contribution is 0.608. The third-order valence-electron chi connectivity index (χ3n) is 2.81. The molecule has 0 saturated heterocycles. The van der Waals surface area contributed by atoms with Crippen LogP contribution < -0.4 is 11.1 Å². The van der Waals surface area contributed by atoms with Gasteiger partial charge in [0.15, 0.2) is 5.82 Å². The molecule has 2 rings (SSSR count). The Hall–Kier alpha value is -2.04. The molecule has 1 heterocycles. The maximum Gasteiger partial charge on any atom is 0.171 e. The number of hydrogen-bond donors (Lipinski definition) is 2. The van der Waals surface area contributed by atoms with Gasteiger partial charge in [0.05, 0.1) is 5.69 Å². The van der Waals surface area contributed by atoms with Crippen LogP contribution in [0.2, 0.25) is 0 Å². The zero-order valence-electron chi connectivity index (χ0n) is 10.8. The number of benzene rings is 1. The van der Waals surface area contributed by atoms with Crippen molar-refractivity contribution in [3.05, 3.63) is 40.8 Å². The number of aromatic nitrogens is 2. The highest BCUT2D eigenvalue weighted by atomic mass is 19.1. The predicted octanol–water partition coefficient (Wildman–Crippen LogP) is 2.37. The van der Waals surface area contributed by atoms with E-state index in [2.05, 4.69) is 10.4 Å². The van der Waals surface area contributed by atoms with Gasteiger partial charge in [0.2, 0.25) is 0 Å². The van der Waals surface area contributed by atoms with E-state index in [1.54, 1.807) is 24.7 Å². The molecule has 0 spiro atoms. The summed E-state index contributed by atoms with van der Waals surface area (Å²) in [5.74, 6) is 0.508. The summed E-state index contributed by atoms with van der Waals surface area (Å²) < 4.78 is 15.1. The van der Waals surface area contributed by atoms with Crippen LogP contribution in [0.25, 0.3) is 0 Å². The summed E-state index contributed by atoms with van der Waals surface area (Å²) in [6.45, 7) is 4.10. The van der Waals surface area contributed by atoms with Crippen molar-refractivity contribution in [3.63, 3.8) is 0 Å². The van der Waals surface area contributed by atoms with Crippen molar-refractivity contribution < 1.29 is 4.39 Å². The molecule has 3 N–H and O–H groups in total. The van der Waals surface area contributed by atoms with E-state index in [0.717, 1.165) is 5.56 Å². The fourth-order valence-electron chi connectivity index (χ4n) is 1.97. The first-order chi connectivity index (χ1) is 8.47. The second-order valence-corrected chi connectivity index (χ2v) is 4.50. The average molecular weight is 248 g/mol. The summed E-state index contributed by atoms with van der Waals surface area (Å²) in [4.78, 5) is 0. The second kappa shape index (κ2) is 4.68. The first-order valence-electron chi connectivity index (χ1n) is 5.76. The molecule has 0 unspecified atom stereocenters. The van der Waals surface area contributed by atoms with Gasteiger partial charge in [-0.05, 0) is 30.5 Å². The van der Waals surface area contributed by atoms with E-state index in [1.165, 1.54) is 0 Å². The van der Waals surface area contributed by atoms with Crippen LogP contribution in [0.3, 0.4) is 0 Å². The smallest absolute Gasteiger partial charge is 0.171 e. The van der Waals surface area contributed by atoms with Crippen molar-refractivity contribution in [2.45, 2.75) is 20.4 Å². The van der Waals surface area contributed by atoms with E-state index in [0.29, 0.717) is 29.2 Å². The van der Waals surface area contributed by atoms with Gasteiger partial charge in [-0.1, -0.05) is 12.1 Å². The van der Waals surface area contributed by atoms with Gasteiger partial charge in [0.1, 0.15) is 5.82 Å². The zero-order chi connectivity index (χ0) is 13.3. The highest BCUT2D eigenvalue weighted by molar-refractivity contribution is 5.60. The monoisotopic (exact) mass is 248 g/mol. The Morgan fingerprint density at radius 1 is 1.33 bits per heavy atom. The Labute approximate surface area is 106 Å². The normalized spacial score (nSPS) is 10.7. The average Bonchev–Trinajstić information content (AvgIpc) is 2.62. The highest BCUT2D eigenvalue weighted by Crippen LogP contribution is 2.18. The largest absolute Gasteiger partial charge is 0.394 e. The van der Waals surface area contributed by atoms with Crippen LogP contribution in [-0.2, 0) is 13.6 Å². The first-order valence-corrected chi connectivity index (χ1v) is 5.76. The minimum atomic E-state index is -0.142. The summed E-state index contributed by atoms with van der Waals surface area (Å²) in [6, 6.07) is 3.66. The summed E-state index contributed by atoms with van der Waals surface area (Å²) >= 11 is 0. The lowest BCUT2D eigenvalue weighted by Gasteiger charge is -2.08. The fourth-order valence-corrected chi connectivity index (χ4v) is 1.97. The number of nitrogens with zero attached hydrogens (tertiary/aromatic N) is 2. The summed E-state index contributed by atoms with van der Waals surface area (Å²) in [5.41, 5.74) is 8.71. The molecule has 4 nitrogen and oxygen atoms in total. The summed E-state index contributed by atoms with van der Waals surface area (Å²) in [5, 5.41) is 7.34. The Bertz CT molecular complexity index is 551. The molecule has 0 aliphatic rings. The molecule has 1 aromatic heterocycles. The van der Waals surface area contributed by atoms with Crippen LogP contribution in [0, 0.1) is 19.7 Å². The fraction of sp³-hybridized carbons (Fsp3) is 0.308.